The minimum Gasteiger partial charge on any atom is -0.324 e. The number of benzene rings is 2. The number of anilines is 1. The summed E-state index contributed by atoms with van der Waals surface area (Å²) in [5.41, 5.74) is 0.556. The van der Waals surface area contributed by atoms with E-state index in [1.807, 2.05) is 6.07 Å². The first-order valence-corrected chi connectivity index (χ1v) is 12.2. The third kappa shape index (κ3) is 4.09. The van der Waals surface area contributed by atoms with Crippen LogP contribution in [0.15, 0.2) is 36.4 Å². The Morgan fingerprint density at radius 1 is 1.19 bits per heavy atom. The van der Waals surface area contributed by atoms with Crippen molar-refractivity contribution in [3.8, 4) is 0 Å². The minimum atomic E-state index is -4.57. The molecule has 0 bridgehead atoms. The number of amidine groups is 1. The van der Waals surface area contributed by atoms with Gasteiger partial charge in [-0.05, 0) is 80.0 Å². The zero-order valence-corrected chi connectivity index (χ0v) is 20.4. The topological polar surface area (TPSA) is 83.3 Å². The van der Waals surface area contributed by atoms with Crippen molar-refractivity contribution in [2.45, 2.75) is 69.2 Å². The molecule has 36 heavy (non-hydrogen) atoms. The van der Waals surface area contributed by atoms with Gasteiger partial charge >= 0.3 is 6.18 Å². The molecule has 6 nitrogen and oxygen atoms in total. The minimum absolute atomic E-state index is 0.00827. The average Bonchev–Trinajstić information content (AvgIpc) is 3.58. The molecule has 3 aliphatic rings. The van der Waals surface area contributed by atoms with Crippen LogP contribution in [0.4, 0.5) is 18.9 Å². The van der Waals surface area contributed by atoms with Crippen molar-refractivity contribution in [1.82, 2.24) is 10.2 Å². The van der Waals surface area contributed by atoms with E-state index in [0.29, 0.717) is 17.1 Å². The summed E-state index contributed by atoms with van der Waals surface area (Å²) in [6, 6.07) is 9.95. The highest BCUT2D eigenvalue weighted by molar-refractivity contribution is 6.10. The molecule has 1 heterocycles. The van der Waals surface area contributed by atoms with Crippen LogP contribution in [0.2, 0.25) is 0 Å². The summed E-state index contributed by atoms with van der Waals surface area (Å²) < 4.78 is 42.2. The Bertz CT molecular complexity index is 1250. The predicted molar refractivity (Wildman–Crippen MR) is 133 cm³/mol. The Labute approximate surface area is 208 Å². The van der Waals surface area contributed by atoms with Crippen LogP contribution in [0.1, 0.15) is 71.6 Å². The van der Waals surface area contributed by atoms with Gasteiger partial charge in [0, 0.05) is 30.4 Å². The second-order valence-corrected chi connectivity index (χ2v) is 10.5. The molecule has 0 radical (unpaired) electrons. The molecule has 0 atom stereocenters. The molecule has 9 heteroatoms. The van der Waals surface area contributed by atoms with Crippen LogP contribution in [0.25, 0.3) is 0 Å². The van der Waals surface area contributed by atoms with Crippen LogP contribution in [0, 0.1) is 10.8 Å². The van der Waals surface area contributed by atoms with Crippen LogP contribution in [0.5, 0.6) is 0 Å². The number of amides is 1. The fraction of sp³-hybridized carbons (Fsp3) is 0.444. The summed E-state index contributed by atoms with van der Waals surface area (Å²) in [5, 5.41) is 19.3. The number of hydrogen-bond acceptors (Lipinski definition) is 4. The number of nitrogens with zero attached hydrogens (tertiary/aromatic N) is 2. The molecule has 2 aromatic carbocycles. The number of nitrogens with one attached hydrogen (secondary N) is 3. The molecule has 2 aromatic rings. The van der Waals surface area contributed by atoms with Gasteiger partial charge in [0.1, 0.15) is 5.84 Å². The number of alkyl halides is 3. The summed E-state index contributed by atoms with van der Waals surface area (Å²) in [6.45, 7) is 2.20. The molecule has 0 unspecified atom stereocenters. The smallest absolute Gasteiger partial charge is 0.324 e. The molecule has 0 saturated heterocycles. The lowest BCUT2D eigenvalue weighted by atomic mass is 9.78. The fourth-order valence-corrected chi connectivity index (χ4v) is 5.39. The summed E-state index contributed by atoms with van der Waals surface area (Å²) in [4.78, 5) is 16.3. The zero-order chi connectivity index (χ0) is 25.9. The summed E-state index contributed by atoms with van der Waals surface area (Å²) in [7, 11) is 1.65. The van der Waals surface area contributed by atoms with Gasteiger partial charge in [0.15, 0.2) is 0 Å². The van der Waals surface area contributed by atoms with E-state index in [1.54, 1.807) is 31.3 Å². The number of carbonyl (C=O) groups excluding carboxylic acids is 1. The van der Waals surface area contributed by atoms with E-state index in [0.717, 1.165) is 44.0 Å². The highest BCUT2D eigenvalue weighted by Gasteiger charge is 2.50. The van der Waals surface area contributed by atoms with Crippen molar-refractivity contribution in [2.24, 2.45) is 0 Å². The molecule has 2 saturated carbocycles. The van der Waals surface area contributed by atoms with Crippen molar-refractivity contribution in [3.63, 3.8) is 0 Å². The highest BCUT2D eigenvalue weighted by Crippen LogP contribution is 2.50. The predicted octanol–water partition coefficient (Wildman–Crippen LogP) is 5.45. The molecule has 1 aliphatic heterocycles. The first-order chi connectivity index (χ1) is 17.0. The first-order valence-electron chi connectivity index (χ1n) is 12.2. The van der Waals surface area contributed by atoms with Gasteiger partial charge in [0.05, 0.1) is 23.9 Å². The first kappa shape index (κ1) is 24.5. The van der Waals surface area contributed by atoms with Gasteiger partial charge in [-0.25, -0.2) is 0 Å². The van der Waals surface area contributed by atoms with Gasteiger partial charge in [-0.3, -0.25) is 15.6 Å². The Kier molecular flexibility index (Phi) is 5.74. The van der Waals surface area contributed by atoms with E-state index in [1.165, 1.54) is 15.9 Å². The fourth-order valence-electron chi connectivity index (χ4n) is 5.39. The van der Waals surface area contributed by atoms with Crippen LogP contribution >= 0.6 is 0 Å². The lowest BCUT2D eigenvalue weighted by Crippen LogP contribution is -2.47. The van der Waals surface area contributed by atoms with E-state index in [2.05, 4.69) is 12.2 Å². The molecule has 0 aromatic heterocycles. The largest absolute Gasteiger partial charge is 0.416 e. The van der Waals surface area contributed by atoms with Crippen molar-refractivity contribution in [1.29, 1.82) is 10.8 Å². The van der Waals surface area contributed by atoms with Gasteiger partial charge in [-0.2, -0.15) is 13.2 Å². The number of halogens is 3. The molecule has 1 amide bonds. The van der Waals surface area contributed by atoms with Gasteiger partial charge in [0.2, 0.25) is 0 Å². The Balaban J connectivity index is 1.46. The second-order valence-electron chi connectivity index (χ2n) is 10.5. The number of rotatable bonds is 7. The summed E-state index contributed by atoms with van der Waals surface area (Å²) in [6.07, 6.45) is 1.09. The monoisotopic (exact) mass is 497 g/mol. The molecule has 2 aliphatic carbocycles. The van der Waals surface area contributed by atoms with Crippen molar-refractivity contribution in [2.75, 3.05) is 11.9 Å². The number of fused-ring (bicyclic) bond motifs is 1. The SMILES string of the molecule is CN(C=N)C(=N)C1(c2cccc(N3Cc4c(cc(CNC5(C)CCC5)cc4C(F)(F)F)C3=O)c2)CC1. The quantitative estimate of drug-likeness (QED) is 0.352. The van der Waals surface area contributed by atoms with Crippen LogP contribution in [-0.4, -0.2) is 35.6 Å². The molecule has 3 N–H and O–H groups in total. The normalized spacial score (nSPS) is 19.5. The third-order valence-corrected chi connectivity index (χ3v) is 8.04. The van der Waals surface area contributed by atoms with E-state index in [-0.39, 0.29) is 29.8 Å². The maximum Gasteiger partial charge on any atom is 0.416 e. The molecule has 190 valence electrons. The summed E-state index contributed by atoms with van der Waals surface area (Å²) in [5.74, 6) is -0.150. The Morgan fingerprint density at radius 3 is 2.50 bits per heavy atom. The lowest BCUT2D eigenvalue weighted by molar-refractivity contribution is -0.138. The molecule has 2 fully saturated rings. The van der Waals surface area contributed by atoms with Crippen molar-refractivity contribution >= 4 is 23.8 Å². The van der Waals surface area contributed by atoms with Gasteiger partial charge in [-0.1, -0.05) is 12.1 Å². The average molecular weight is 498 g/mol. The maximum atomic E-state index is 14.1. The number of hydrogen-bond donors (Lipinski definition) is 3. The second kappa shape index (κ2) is 8.44. The molecule has 0 spiro atoms. The summed E-state index contributed by atoms with van der Waals surface area (Å²) >= 11 is 0. The van der Waals surface area contributed by atoms with Crippen molar-refractivity contribution in [3.05, 3.63) is 64.2 Å². The van der Waals surface area contributed by atoms with Crippen LogP contribution < -0.4 is 10.2 Å². The van der Waals surface area contributed by atoms with Crippen LogP contribution in [0.3, 0.4) is 0 Å². The van der Waals surface area contributed by atoms with E-state index < -0.39 is 23.1 Å². The molecule has 5 rings (SSSR count). The maximum absolute atomic E-state index is 14.1. The van der Waals surface area contributed by atoms with Gasteiger partial charge in [-0.15, -0.1) is 0 Å². The number of carbonyl (C=O) groups is 1. The van der Waals surface area contributed by atoms with Gasteiger partial charge in [0.25, 0.3) is 5.91 Å². The van der Waals surface area contributed by atoms with E-state index >= 15 is 0 Å². The standard InChI is InChI=1S/C27H30F3N5O/c1-25(7-4-8-25)33-14-17-11-20-21(22(12-17)27(28,29)30)15-35(23(20)36)19-6-3-5-18(13-19)26(9-10-26)24(32)34(2)16-31/h3,5-6,11-13,16,31-33H,4,7-10,14-15H2,1-2H3. The van der Waals surface area contributed by atoms with Gasteiger partial charge < -0.3 is 15.1 Å². The van der Waals surface area contributed by atoms with Crippen molar-refractivity contribution < 1.29 is 18.0 Å². The zero-order valence-electron chi connectivity index (χ0n) is 20.4. The third-order valence-electron chi connectivity index (χ3n) is 8.04. The Hall–Kier alpha value is -3.20. The number of likely N-dealkylation sites (N-methyl/N-ethyl adjacent to an activating group) is 1. The lowest BCUT2D eigenvalue weighted by Gasteiger charge is -2.39. The van der Waals surface area contributed by atoms with E-state index in [9.17, 15) is 18.0 Å². The molecular weight excluding hydrogens is 467 g/mol. The van der Waals surface area contributed by atoms with E-state index in [4.69, 9.17) is 10.8 Å². The Morgan fingerprint density at radius 2 is 1.92 bits per heavy atom. The molecular formula is C27H30F3N5O. The highest BCUT2D eigenvalue weighted by atomic mass is 19.4. The van der Waals surface area contributed by atoms with Crippen LogP contribution in [-0.2, 0) is 24.7 Å².